The number of ether oxygens (including phenoxy) is 1. The van der Waals surface area contributed by atoms with Crippen molar-refractivity contribution in [1.82, 2.24) is 25.1 Å². The summed E-state index contributed by atoms with van der Waals surface area (Å²) in [5, 5.41) is 13.0. The van der Waals surface area contributed by atoms with E-state index in [-0.39, 0.29) is 30.0 Å². The predicted octanol–water partition coefficient (Wildman–Crippen LogP) is 3.18. The molecule has 0 radical (unpaired) electrons. The summed E-state index contributed by atoms with van der Waals surface area (Å²) in [6, 6.07) is 1.07. The number of benzene rings is 1. The highest BCUT2D eigenvalue weighted by atomic mass is 19.1. The number of aryl methyl sites for hydroxylation is 1. The Labute approximate surface area is 187 Å². The number of nitrogens with one attached hydrogen (secondary N) is 3. The zero-order valence-corrected chi connectivity index (χ0v) is 17.9. The van der Waals surface area contributed by atoms with Crippen molar-refractivity contribution in [2.24, 2.45) is 0 Å². The third-order valence-electron chi connectivity index (χ3n) is 5.08. The first-order valence-corrected chi connectivity index (χ1v) is 10.2. The van der Waals surface area contributed by atoms with Gasteiger partial charge in [0.1, 0.15) is 23.3 Å². The van der Waals surface area contributed by atoms with Gasteiger partial charge in [-0.25, -0.2) is 22.8 Å². The molecule has 3 aromatic rings. The Balaban J connectivity index is 1.45. The van der Waals surface area contributed by atoms with Crippen LogP contribution in [0, 0.1) is 24.4 Å². The SMILES string of the molecule is CC(=O)NC1CCOC1n1cc(Nc2ncc(C)c(NCc3c(F)cc(F)cc3F)n2)cn1. The average molecular weight is 461 g/mol. The lowest BCUT2D eigenvalue weighted by atomic mass is 10.2. The smallest absolute Gasteiger partial charge is 0.229 e. The summed E-state index contributed by atoms with van der Waals surface area (Å²) in [5.41, 5.74) is 0.935. The number of anilines is 3. The van der Waals surface area contributed by atoms with Crippen LogP contribution in [0.25, 0.3) is 0 Å². The molecule has 33 heavy (non-hydrogen) atoms. The van der Waals surface area contributed by atoms with Crippen molar-refractivity contribution in [3.63, 3.8) is 0 Å². The van der Waals surface area contributed by atoms with E-state index in [0.29, 0.717) is 42.2 Å². The third-order valence-corrected chi connectivity index (χ3v) is 5.08. The summed E-state index contributed by atoms with van der Waals surface area (Å²) in [6.45, 7) is 3.46. The molecule has 0 aliphatic carbocycles. The number of hydrogen-bond donors (Lipinski definition) is 3. The van der Waals surface area contributed by atoms with E-state index in [1.807, 2.05) is 0 Å². The van der Waals surface area contributed by atoms with Gasteiger partial charge in [-0.05, 0) is 13.3 Å². The molecular formula is C21H22F3N7O2. The van der Waals surface area contributed by atoms with Crippen LogP contribution in [0.15, 0.2) is 30.7 Å². The summed E-state index contributed by atoms with van der Waals surface area (Å²) >= 11 is 0. The lowest BCUT2D eigenvalue weighted by Crippen LogP contribution is -2.37. The highest BCUT2D eigenvalue weighted by Crippen LogP contribution is 2.25. The second-order valence-electron chi connectivity index (χ2n) is 7.62. The van der Waals surface area contributed by atoms with E-state index < -0.39 is 23.7 Å². The fourth-order valence-electron chi connectivity index (χ4n) is 3.50. The van der Waals surface area contributed by atoms with Gasteiger partial charge >= 0.3 is 0 Å². The van der Waals surface area contributed by atoms with Crippen molar-refractivity contribution >= 4 is 23.4 Å². The van der Waals surface area contributed by atoms with Gasteiger partial charge in [-0.15, -0.1) is 0 Å². The monoisotopic (exact) mass is 461 g/mol. The third kappa shape index (κ3) is 5.22. The minimum atomic E-state index is -0.982. The van der Waals surface area contributed by atoms with Crippen molar-refractivity contribution in [3.05, 3.63) is 59.3 Å². The predicted molar refractivity (Wildman–Crippen MR) is 113 cm³/mol. The van der Waals surface area contributed by atoms with Crippen molar-refractivity contribution in [2.75, 3.05) is 17.2 Å². The molecule has 2 unspecified atom stereocenters. The number of halogens is 3. The van der Waals surface area contributed by atoms with Crippen molar-refractivity contribution < 1.29 is 22.7 Å². The van der Waals surface area contributed by atoms with Gasteiger partial charge in [0.25, 0.3) is 0 Å². The van der Waals surface area contributed by atoms with E-state index in [2.05, 4.69) is 31.0 Å². The minimum Gasteiger partial charge on any atom is -0.365 e. The quantitative estimate of drug-likeness (QED) is 0.496. The first-order valence-electron chi connectivity index (χ1n) is 10.2. The van der Waals surface area contributed by atoms with Gasteiger partial charge in [-0.1, -0.05) is 0 Å². The van der Waals surface area contributed by atoms with Crippen LogP contribution >= 0.6 is 0 Å². The number of nitrogens with zero attached hydrogens (tertiary/aromatic N) is 4. The Kier molecular flexibility index (Phi) is 6.45. The lowest BCUT2D eigenvalue weighted by Gasteiger charge is -2.19. The Morgan fingerprint density at radius 2 is 2.00 bits per heavy atom. The fraction of sp³-hybridized carbons (Fsp3) is 0.333. The number of rotatable bonds is 7. The molecule has 1 aliphatic rings. The maximum absolute atomic E-state index is 13.9. The van der Waals surface area contributed by atoms with Crippen LogP contribution in [-0.2, 0) is 16.1 Å². The van der Waals surface area contributed by atoms with Gasteiger partial charge in [-0.3, -0.25) is 4.79 Å². The molecule has 2 aromatic heterocycles. The summed E-state index contributed by atoms with van der Waals surface area (Å²) in [5.74, 6) is -2.51. The largest absolute Gasteiger partial charge is 0.365 e. The van der Waals surface area contributed by atoms with Crippen molar-refractivity contribution in [2.45, 2.75) is 39.1 Å². The van der Waals surface area contributed by atoms with Crippen LogP contribution < -0.4 is 16.0 Å². The molecule has 4 rings (SSSR count). The van der Waals surface area contributed by atoms with E-state index in [9.17, 15) is 18.0 Å². The van der Waals surface area contributed by atoms with Gasteiger partial charge in [0.2, 0.25) is 11.9 Å². The van der Waals surface area contributed by atoms with Crippen LogP contribution in [0.1, 0.15) is 30.7 Å². The van der Waals surface area contributed by atoms with E-state index in [4.69, 9.17) is 4.74 Å². The average Bonchev–Trinajstić information content (AvgIpc) is 3.38. The normalized spacial score (nSPS) is 17.7. The van der Waals surface area contributed by atoms with Gasteiger partial charge in [0, 0.05) is 42.9 Å². The Bertz CT molecular complexity index is 1150. The summed E-state index contributed by atoms with van der Waals surface area (Å²) in [4.78, 5) is 19.9. The molecule has 1 amide bonds. The van der Waals surface area contributed by atoms with Gasteiger partial charge < -0.3 is 20.7 Å². The number of carbonyl (C=O) groups excluding carboxylic acids is 1. The second-order valence-corrected chi connectivity index (χ2v) is 7.62. The molecule has 1 fully saturated rings. The number of carbonyl (C=O) groups is 1. The molecule has 1 aliphatic heterocycles. The lowest BCUT2D eigenvalue weighted by molar-refractivity contribution is -0.120. The Hall–Kier alpha value is -3.67. The molecule has 3 N–H and O–H groups in total. The molecule has 12 heteroatoms. The van der Waals surface area contributed by atoms with E-state index >= 15 is 0 Å². The molecule has 0 spiro atoms. The van der Waals surface area contributed by atoms with Gasteiger partial charge in [-0.2, -0.15) is 10.1 Å². The molecule has 3 heterocycles. The first-order chi connectivity index (χ1) is 15.8. The van der Waals surface area contributed by atoms with Crippen LogP contribution in [0.5, 0.6) is 0 Å². The number of amides is 1. The first kappa shape index (κ1) is 22.5. The molecule has 0 saturated carbocycles. The van der Waals surface area contributed by atoms with E-state index in [1.165, 1.54) is 6.92 Å². The topological polar surface area (TPSA) is 106 Å². The molecule has 1 saturated heterocycles. The van der Waals surface area contributed by atoms with Crippen LogP contribution in [0.3, 0.4) is 0 Å². The summed E-state index contributed by atoms with van der Waals surface area (Å²) < 4.78 is 48.2. The number of hydrogen-bond acceptors (Lipinski definition) is 7. The maximum Gasteiger partial charge on any atom is 0.229 e. The molecule has 174 valence electrons. The Morgan fingerprint density at radius 1 is 1.24 bits per heavy atom. The zero-order chi connectivity index (χ0) is 23.5. The van der Waals surface area contributed by atoms with Crippen molar-refractivity contribution in [3.8, 4) is 0 Å². The van der Waals surface area contributed by atoms with Crippen molar-refractivity contribution in [1.29, 1.82) is 0 Å². The van der Waals surface area contributed by atoms with Crippen LogP contribution in [0.2, 0.25) is 0 Å². The standard InChI is InChI=1S/C21H22F3N7O2/c1-11-7-26-21(30-19(11)25-9-15-16(23)5-13(22)6-17(15)24)29-14-8-27-31(10-14)20-18(3-4-33-20)28-12(2)32/h5-8,10,18,20H,3-4,9H2,1-2H3,(H,28,32)(H2,25,26,29,30). The van der Waals surface area contributed by atoms with Crippen LogP contribution in [-0.4, -0.2) is 38.3 Å². The molecule has 9 nitrogen and oxygen atoms in total. The number of aromatic nitrogens is 4. The highest BCUT2D eigenvalue weighted by molar-refractivity contribution is 5.73. The highest BCUT2D eigenvalue weighted by Gasteiger charge is 2.31. The summed E-state index contributed by atoms with van der Waals surface area (Å²) in [7, 11) is 0. The minimum absolute atomic E-state index is 0.144. The van der Waals surface area contributed by atoms with E-state index in [1.54, 1.807) is 30.2 Å². The zero-order valence-electron chi connectivity index (χ0n) is 17.9. The van der Waals surface area contributed by atoms with Crippen LogP contribution in [0.4, 0.5) is 30.6 Å². The molecule has 2 atom stereocenters. The molecular weight excluding hydrogens is 439 g/mol. The maximum atomic E-state index is 13.9. The molecule has 0 bridgehead atoms. The Morgan fingerprint density at radius 3 is 2.73 bits per heavy atom. The second kappa shape index (κ2) is 9.45. The van der Waals surface area contributed by atoms with Gasteiger partial charge in [0.15, 0.2) is 6.23 Å². The fourth-order valence-corrected chi connectivity index (χ4v) is 3.50. The summed E-state index contributed by atoms with van der Waals surface area (Å²) in [6.07, 6.45) is 5.06. The van der Waals surface area contributed by atoms with Gasteiger partial charge in [0.05, 0.1) is 30.7 Å². The van der Waals surface area contributed by atoms with E-state index in [0.717, 1.165) is 0 Å². The molecule has 1 aromatic carbocycles.